The Labute approximate surface area is 173 Å². The summed E-state index contributed by atoms with van der Waals surface area (Å²) in [6, 6.07) is 13.6. The molecule has 8 heteroatoms. The molecule has 162 valence electrons. The first-order valence-corrected chi connectivity index (χ1v) is 9.82. The Balaban J connectivity index is 1.49. The average molecular weight is 422 g/mol. The van der Waals surface area contributed by atoms with E-state index in [-0.39, 0.29) is 17.7 Å². The summed E-state index contributed by atoms with van der Waals surface area (Å²) in [5, 5.41) is 3.39. The van der Waals surface area contributed by atoms with Gasteiger partial charge in [-0.15, -0.1) is 13.2 Å². The third kappa shape index (κ3) is 6.38. The first-order valence-electron chi connectivity index (χ1n) is 9.82. The second-order valence-electron chi connectivity index (χ2n) is 7.22. The van der Waals surface area contributed by atoms with E-state index in [4.69, 9.17) is 4.74 Å². The molecule has 0 spiro atoms. The molecule has 1 amide bonds. The maximum absolute atomic E-state index is 12.3. The number of benzene rings is 2. The van der Waals surface area contributed by atoms with Crippen molar-refractivity contribution in [1.82, 2.24) is 10.2 Å². The monoisotopic (exact) mass is 422 g/mol. The number of ether oxygens (including phenoxy) is 2. The quantitative estimate of drug-likeness (QED) is 0.614. The smallest absolute Gasteiger partial charge is 0.497 e. The van der Waals surface area contributed by atoms with Crippen molar-refractivity contribution in [2.75, 3.05) is 13.7 Å². The topological polar surface area (TPSA) is 50.8 Å². The van der Waals surface area contributed by atoms with Crippen LogP contribution in [0.25, 0.3) is 0 Å². The van der Waals surface area contributed by atoms with E-state index in [1.165, 1.54) is 12.1 Å². The van der Waals surface area contributed by atoms with Crippen LogP contribution in [0.4, 0.5) is 13.2 Å². The molecule has 1 atom stereocenters. The highest BCUT2D eigenvalue weighted by molar-refractivity contribution is 5.78. The number of hydrogen-bond donors (Lipinski definition) is 1. The SMILES string of the molecule is COc1cccc(CNCC[C@H]2CCC(=O)N2Cc2ccc(OC(F)(F)F)cc2)c1. The first-order chi connectivity index (χ1) is 14.3. The number of likely N-dealkylation sites (tertiary alicyclic amines) is 1. The van der Waals surface area contributed by atoms with Crippen LogP contribution >= 0.6 is 0 Å². The van der Waals surface area contributed by atoms with Gasteiger partial charge in [-0.2, -0.15) is 0 Å². The zero-order chi connectivity index (χ0) is 21.6. The summed E-state index contributed by atoms with van der Waals surface area (Å²) in [6.07, 6.45) is -2.62. The molecule has 2 aromatic rings. The fourth-order valence-electron chi connectivity index (χ4n) is 3.59. The van der Waals surface area contributed by atoms with Crippen molar-refractivity contribution in [2.24, 2.45) is 0 Å². The molecule has 0 aromatic heterocycles. The lowest BCUT2D eigenvalue weighted by Crippen LogP contribution is -2.34. The van der Waals surface area contributed by atoms with Crippen LogP contribution in [-0.2, 0) is 17.9 Å². The number of hydrogen-bond acceptors (Lipinski definition) is 4. The van der Waals surface area contributed by atoms with E-state index >= 15 is 0 Å². The minimum absolute atomic E-state index is 0.0726. The van der Waals surface area contributed by atoms with Gasteiger partial charge in [0.05, 0.1) is 7.11 Å². The number of methoxy groups -OCH3 is 1. The lowest BCUT2D eigenvalue weighted by molar-refractivity contribution is -0.274. The summed E-state index contributed by atoms with van der Waals surface area (Å²) in [6.45, 7) is 1.84. The standard InChI is InChI=1S/C22H25F3N2O3/c1-29-20-4-2-3-17(13-20)14-26-12-11-18-7-10-21(28)27(18)15-16-5-8-19(9-6-16)30-22(23,24)25/h2-6,8-9,13,18,26H,7,10-12,14-15H2,1H3/t18-/m1/s1. The van der Waals surface area contributed by atoms with Gasteiger partial charge in [0, 0.05) is 25.6 Å². The van der Waals surface area contributed by atoms with E-state index in [0.717, 1.165) is 36.3 Å². The molecule has 0 bridgehead atoms. The maximum atomic E-state index is 12.3. The molecule has 0 unspecified atom stereocenters. The van der Waals surface area contributed by atoms with Gasteiger partial charge in [-0.1, -0.05) is 24.3 Å². The fourth-order valence-corrected chi connectivity index (χ4v) is 3.59. The molecule has 1 N–H and O–H groups in total. The normalized spacial score (nSPS) is 16.7. The molecule has 1 saturated heterocycles. The highest BCUT2D eigenvalue weighted by Crippen LogP contribution is 2.26. The van der Waals surface area contributed by atoms with Gasteiger partial charge in [0.2, 0.25) is 5.91 Å². The molecule has 0 saturated carbocycles. The first kappa shape index (κ1) is 22.0. The van der Waals surface area contributed by atoms with Crippen molar-refractivity contribution >= 4 is 5.91 Å². The summed E-state index contributed by atoms with van der Waals surface area (Å²) >= 11 is 0. The number of carbonyl (C=O) groups is 1. The van der Waals surface area contributed by atoms with E-state index in [2.05, 4.69) is 10.1 Å². The van der Waals surface area contributed by atoms with E-state index in [0.29, 0.717) is 19.5 Å². The number of carbonyl (C=O) groups excluding carboxylic acids is 1. The van der Waals surface area contributed by atoms with Crippen molar-refractivity contribution in [1.29, 1.82) is 0 Å². The fraction of sp³-hybridized carbons (Fsp3) is 0.409. The zero-order valence-electron chi connectivity index (χ0n) is 16.7. The summed E-state index contributed by atoms with van der Waals surface area (Å²) in [4.78, 5) is 14.1. The largest absolute Gasteiger partial charge is 0.573 e. The van der Waals surface area contributed by atoms with Crippen molar-refractivity contribution in [3.63, 3.8) is 0 Å². The maximum Gasteiger partial charge on any atom is 0.573 e. The van der Waals surface area contributed by atoms with E-state index in [9.17, 15) is 18.0 Å². The van der Waals surface area contributed by atoms with Crippen LogP contribution in [0.5, 0.6) is 11.5 Å². The predicted octanol–water partition coefficient (Wildman–Crippen LogP) is 4.26. The van der Waals surface area contributed by atoms with Gasteiger partial charge < -0.3 is 19.7 Å². The van der Waals surface area contributed by atoms with Gasteiger partial charge in [0.15, 0.2) is 0 Å². The van der Waals surface area contributed by atoms with Crippen LogP contribution in [0, 0.1) is 0 Å². The van der Waals surface area contributed by atoms with Gasteiger partial charge in [0.25, 0.3) is 0 Å². The number of alkyl halides is 3. The summed E-state index contributed by atoms with van der Waals surface area (Å²) < 4.78 is 45.9. The molecule has 2 aromatic carbocycles. The predicted molar refractivity (Wildman–Crippen MR) is 106 cm³/mol. The summed E-state index contributed by atoms with van der Waals surface area (Å²) in [5.41, 5.74) is 1.89. The van der Waals surface area contributed by atoms with Crippen LogP contribution in [-0.4, -0.2) is 36.9 Å². The van der Waals surface area contributed by atoms with Crippen LogP contribution in [0.2, 0.25) is 0 Å². The van der Waals surface area contributed by atoms with Crippen LogP contribution in [0.15, 0.2) is 48.5 Å². The van der Waals surface area contributed by atoms with Crippen LogP contribution in [0.1, 0.15) is 30.4 Å². The van der Waals surface area contributed by atoms with Crippen molar-refractivity contribution in [2.45, 2.75) is 44.8 Å². The van der Waals surface area contributed by atoms with Crippen molar-refractivity contribution < 1.29 is 27.4 Å². The summed E-state index contributed by atoms with van der Waals surface area (Å²) in [5.74, 6) is 0.620. The molecule has 0 aliphatic carbocycles. The van der Waals surface area contributed by atoms with Crippen molar-refractivity contribution in [3.05, 3.63) is 59.7 Å². The molecular weight excluding hydrogens is 397 g/mol. The Kier molecular flexibility index (Phi) is 7.20. The Hall–Kier alpha value is -2.74. The van der Waals surface area contributed by atoms with E-state index < -0.39 is 6.36 Å². The number of nitrogens with one attached hydrogen (secondary N) is 1. The van der Waals surface area contributed by atoms with E-state index in [1.807, 2.05) is 29.2 Å². The number of amides is 1. The Morgan fingerprint density at radius 2 is 1.87 bits per heavy atom. The van der Waals surface area contributed by atoms with Gasteiger partial charge >= 0.3 is 6.36 Å². The lowest BCUT2D eigenvalue weighted by Gasteiger charge is -2.25. The molecule has 0 radical (unpaired) electrons. The second kappa shape index (κ2) is 9.84. The molecule has 1 aliphatic rings. The number of rotatable bonds is 9. The highest BCUT2D eigenvalue weighted by atomic mass is 19.4. The Bertz CT molecular complexity index is 840. The van der Waals surface area contributed by atoms with Gasteiger partial charge in [0.1, 0.15) is 11.5 Å². The third-order valence-corrected chi connectivity index (χ3v) is 5.08. The second-order valence-corrected chi connectivity index (χ2v) is 7.22. The molecular formula is C22H25F3N2O3. The lowest BCUT2D eigenvalue weighted by atomic mass is 10.1. The van der Waals surface area contributed by atoms with Crippen LogP contribution < -0.4 is 14.8 Å². The minimum atomic E-state index is -4.71. The zero-order valence-corrected chi connectivity index (χ0v) is 16.7. The highest BCUT2D eigenvalue weighted by Gasteiger charge is 2.32. The van der Waals surface area contributed by atoms with Crippen LogP contribution in [0.3, 0.4) is 0 Å². The third-order valence-electron chi connectivity index (χ3n) is 5.08. The molecule has 1 heterocycles. The Morgan fingerprint density at radius 3 is 2.57 bits per heavy atom. The minimum Gasteiger partial charge on any atom is -0.497 e. The van der Waals surface area contributed by atoms with Gasteiger partial charge in [-0.3, -0.25) is 4.79 Å². The molecule has 1 fully saturated rings. The molecule has 30 heavy (non-hydrogen) atoms. The summed E-state index contributed by atoms with van der Waals surface area (Å²) in [7, 11) is 1.63. The average Bonchev–Trinajstić information content (AvgIpc) is 3.05. The Morgan fingerprint density at radius 1 is 1.10 bits per heavy atom. The number of nitrogens with zero attached hydrogens (tertiary/aromatic N) is 1. The molecule has 1 aliphatic heterocycles. The van der Waals surface area contributed by atoms with Gasteiger partial charge in [-0.25, -0.2) is 0 Å². The molecule has 5 nitrogen and oxygen atoms in total. The van der Waals surface area contributed by atoms with Gasteiger partial charge in [-0.05, 0) is 54.8 Å². The van der Waals surface area contributed by atoms with Crippen molar-refractivity contribution in [3.8, 4) is 11.5 Å². The molecule has 3 rings (SSSR count). The van der Waals surface area contributed by atoms with E-state index in [1.54, 1.807) is 19.2 Å². The number of halogens is 3.